The van der Waals surface area contributed by atoms with Gasteiger partial charge in [-0.25, -0.2) is 21.6 Å². The molecule has 1 N–H and O–H groups in total. The maximum atomic E-state index is 12.5. The molecule has 1 aromatic carbocycles. The lowest BCUT2D eigenvalue weighted by molar-refractivity contribution is 0.310. The molecule has 0 atom stereocenters. The van der Waals surface area contributed by atoms with Crippen molar-refractivity contribution in [3.8, 4) is 6.07 Å². The fraction of sp³-hybridized carbons (Fsp3) is 0.462. The summed E-state index contributed by atoms with van der Waals surface area (Å²) in [6, 6.07) is 7.26. The first kappa shape index (κ1) is 16.9. The average molecular weight is 343 g/mol. The van der Waals surface area contributed by atoms with E-state index < -0.39 is 20.0 Å². The number of sulfonamides is 2. The topological polar surface area (TPSA) is 107 Å². The van der Waals surface area contributed by atoms with Crippen molar-refractivity contribution < 1.29 is 16.8 Å². The minimum atomic E-state index is -3.65. The second-order valence-electron chi connectivity index (χ2n) is 4.99. The molecule has 0 saturated carbocycles. The van der Waals surface area contributed by atoms with E-state index in [2.05, 4.69) is 10.8 Å². The Bertz CT molecular complexity index is 772. The molecule has 1 saturated heterocycles. The van der Waals surface area contributed by atoms with Crippen LogP contribution < -0.4 is 4.72 Å². The lowest BCUT2D eigenvalue weighted by atomic mass is 10.0. The van der Waals surface area contributed by atoms with Crippen LogP contribution in [0, 0.1) is 17.2 Å². The lowest BCUT2D eigenvalue weighted by Crippen LogP contribution is -2.38. The molecule has 9 heteroatoms. The Morgan fingerprint density at radius 2 is 1.59 bits per heavy atom. The number of hydrogen-bond donors (Lipinski definition) is 1. The van der Waals surface area contributed by atoms with Gasteiger partial charge in [-0.15, -0.1) is 0 Å². The third-order valence-corrected chi connectivity index (χ3v) is 7.02. The Hall–Kier alpha value is -1.47. The highest BCUT2D eigenvalue weighted by Crippen LogP contribution is 2.24. The van der Waals surface area contributed by atoms with Gasteiger partial charge in [0.25, 0.3) is 0 Å². The monoisotopic (exact) mass is 343 g/mol. The number of nitrogens with one attached hydrogen (secondary N) is 1. The summed E-state index contributed by atoms with van der Waals surface area (Å²) >= 11 is 0. The Kier molecular flexibility index (Phi) is 4.87. The van der Waals surface area contributed by atoms with Gasteiger partial charge in [0.2, 0.25) is 20.0 Å². The van der Waals surface area contributed by atoms with Crippen molar-refractivity contribution in [2.45, 2.75) is 22.6 Å². The Morgan fingerprint density at radius 3 is 2.05 bits per heavy atom. The summed E-state index contributed by atoms with van der Waals surface area (Å²) in [6.45, 7) is 0.605. The summed E-state index contributed by atoms with van der Waals surface area (Å²) in [4.78, 5) is 0.0649. The lowest BCUT2D eigenvalue weighted by Gasteiger charge is -2.28. The molecule has 1 aliphatic rings. The van der Waals surface area contributed by atoms with Gasteiger partial charge in [0.05, 0.1) is 15.9 Å². The zero-order valence-electron chi connectivity index (χ0n) is 12.1. The molecule has 1 aromatic rings. The van der Waals surface area contributed by atoms with Crippen molar-refractivity contribution in [2.24, 2.45) is 5.92 Å². The van der Waals surface area contributed by atoms with Crippen LogP contribution in [0.1, 0.15) is 12.8 Å². The molecular formula is C13H17N3O4S2. The van der Waals surface area contributed by atoms with Crippen LogP contribution in [0.3, 0.4) is 0 Å². The van der Waals surface area contributed by atoms with Gasteiger partial charge in [-0.2, -0.15) is 9.57 Å². The van der Waals surface area contributed by atoms with Gasteiger partial charge in [0, 0.05) is 19.0 Å². The highest BCUT2D eigenvalue weighted by atomic mass is 32.2. The maximum absolute atomic E-state index is 12.5. The van der Waals surface area contributed by atoms with E-state index in [1.807, 2.05) is 0 Å². The van der Waals surface area contributed by atoms with Crippen molar-refractivity contribution in [1.82, 2.24) is 9.03 Å². The zero-order chi connectivity index (χ0) is 16.4. The number of nitrogens with zero attached hydrogens (tertiary/aromatic N) is 2. The van der Waals surface area contributed by atoms with E-state index in [-0.39, 0.29) is 15.7 Å². The first-order chi connectivity index (χ1) is 10.3. The smallest absolute Gasteiger partial charge is 0.214 e. The molecule has 0 amide bonds. The number of benzene rings is 1. The van der Waals surface area contributed by atoms with Crippen molar-refractivity contribution in [1.29, 1.82) is 5.26 Å². The first-order valence-corrected chi connectivity index (χ1v) is 9.67. The van der Waals surface area contributed by atoms with Crippen LogP contribution in [0.4, 0.5) is 0 Å². The minimum absolute atomic E-state index is 0.0112. The summed E-state index contributed by atoms with van der Waals surface area (Å²) in [5.41, 5.74) is 0. The Labute approximate surface area is 130 Å². The van der Waals surface area contributed by atoms with E-state index in [1.54, 1.807) is 0 Å². The van der Waals surface area contributed by atoms with Crippen LogP contribution in [0.25, 0.3) is 0 Å². The fourth-order valence-electron chi connectivity index (χ4n) is 2.28. The molecule has 0 unspecified atom stereocenters. The Balaban J connectivity index is 2.23. The summed E-state index contributed by atoms with van der Waals surface area (Å²) in [6.07, 6.45) is 1.03. The van der Waals surface area contributed by atoms with Crippen LogP contribution in [0.15, 0.2) is 34.1 Å². The molecule has 0 spiro atoms. The molecule has 1 fully saturated rings. The molecule has 0 aliphatic carbocycles. The zero-order valence-corrected chi connectivity index (χ0v) is 13.7. The third kappa shape index (κ3) is 3.30. The van der Waals surface area contributed by atoms with E-state index in [0.717, 1.165) is 0 Å². The van der Waals surface area contributed by atoms with Gasteiger partial charge >= 0.3 is 0 Å². The van der Waals surface area contributed by atoms with Gasteiger partial charge in [0.15, 0.2) is 0 Å². The third-order valence-electron chi connectivity index (χ3n) is 3.68. The predicted octanol–water partition coefficient (Wildman–Crippen LogP) is 0.519. The molecular weight excluding hydrogens is 326 g/mol. The van der Waals surface area contributed by atoms with Crippen LogP contribution in [0.5, 0.6) is 0 Å². The van der Waals surface area contributed by atoms with Gasteiger partial charge in [-0.3, -0.25) is 0 Å². The predicted molar refractivity (Wildman–Crippen MR) is 79.8 cm³/mol. The largest absolute Gasteiger partial charge is 0.243 e. The standard InChI is InChI=1S/C13H17N3O4S2/c1-15-21(17,18)12-2-4-13(5-3-12)22(19,20)16-8-6-11(10-14)7-9-16/h2-5,11,15H,6-9H2,1H3. The van der Waals surface area contributed by atoms with Crippen LogP contribution in [0.2, 0.25) is 0 Å². The summed E-state index contributed by atoms with van der Waals surface area (Å²) in [7, 11) is -5.95. The molecule has 0 bridgehead atoms. The normalized spacial score (nSPS) is 18.0. The fourth-order valence-corrected chi connectivity index (χ4v) is 4.48. The Morgan fingerprint density at radius 1 is 1.09 bits per heavy atom. The van der Waals surface area contributed by atoms with E-state index >= 15 is 0 Å². The molecule has 7 nitrogen and oxygen atoms in total. The van der Waals surface area contributed by atoms with Crippen LogP contribution in [-0.4, -0.2) is 41.3 Å². The number of hydrogen-bond acceptors (Lipinski definition) is 5. The van der Waals surface area contributed by atoms with Gasteiger partial charge in [0.1, 0.15) is 0 Å². The van der Waals surface area contributed by atoms with Crippen molar-refractivity contribution in [2.75, 3.05) is 20.1 Å². The van der Waals surface area contributed by atoms with Crippen molar-refractivity contribution in [3.63, 3.8) is 0 Å². The van der Waals surface area contributed by atoms with E-state index in [4.69, 9.17) is 5.26 Å². The quantitative estimate of drug-likeness (QED) is 0.857. The number of piperidine rings is 1. The summed E-state index contributed by atoms with van der Waals surface area (Å²) < 4.78 is 51.8. The average Bonchev–Trinajstić information content (AvgIpc) is 2.55. The highest BCUT2D eigenvalue weighted by Gasteiger charge is 2.29. The highest BCUT2D eigenvalue weighted by molar-refractivity contribution is 7.89. The molecule has 22 heavy (non-hydrogen) atoms. The van der Waals surface area contributed by atoms with Gasteiger partial charge in [-0.1, -0.05) is 0 Å². The maximum Gasteiger partial charge on any atom is 0.243 e. The molecule has 2 rings (SSSR count). The van der Waals surface area contributed by atoms with E-state index in [0.29, 0.717) is 25.9 Å². The van der Waals surface area contributed by atoms with Crippen molar-refractivity contribution >= 4 is 20.0 Å². The van der Waals surface area contributed by atoms with Gasteiger partial charge < -0.3 is 0 Å². The molecule has 1 aliphatic heterocycles. The summed E-state index contributed by atoms with van der Waals surface area (Å²) in [5, 5.41) is 8.85. The van der Waals surface area contributed by atoms with Crippen molar-refractivity contribution in [3.05, 3.63) is 24.3 Å². The van der Waals surface area contributed by atoms with E-state index in [9.17, 15) is 16.8 Å². The van der Waals surface area contributed by atoms with Crippen LogP contribution in [-0.2, 0) is 20.0 Å². The van der Waals surface area contributed by atoms with E-state index in [1.165, 1.54) is 35.6 Å². The number of rotatable bonds is 4. The van der Waals surface area contributed by atoms with Gasteiger partial charge in [-0.05, 0) is 44.2 Å². The molecule has 120 valence electrons. The second-order valence-corrected chi connectivity index (χ2v) is 8.81. The molecule has 0 aromatic heterocycles. The second kappa shape index (κ2) is 6.34. The van der Waals surface area contributed by atoms with Crippen LogP contribution >= 0.6 is 0 Å². The SMILES string of the molecule is CNS(=O)(=O)c1ccc(S(=O)(=O)N2CCC(C#N)CC2)cc1. The molecule has 1 heterocycles. The minimum Gasteiger partial charge on any atom is -0.214 e. The number of nitriles is 1. The molecule has 0 radical (unpaired) electrons. The first-order valence-electron chi connectivity index (χ1n) is 6.74. The summed E-state index contributed by atoms with van der Waals surface area (Å²) in [5.74, 6) is -0.102.